The van der Waals surface area contributed by atoms with Crippen molar-refractivity contribution in [3.63, 3.8) is 0 Å². The van der Waals surface area contributed by atoms with Crippen LogP contribution in [0.4, 0.5) is 0 Å². The number of nitrogens with zero attached hydrogens (tertiary/aromatic N) is 3. The predicted molar refractivity (Wildman–Crippen MR) is 86.8 cm³/mol. The highest BCUT2D eigenvalue weighted by Gasteiger charge is 2.16. The second-order valence-electron chi connectivity index (χ2n) is 6.35. The van der Waals surface area contributed by atoms with Gasteiger partial charge in [0.15, 0.2) is 0 Å². The molecule has 1 aliphatic heterocycles. The Labute approximate surface area is 133 Å². The van der Waals surface area contributed by atoms with E-state index in [1.54, 1.807) is 0 Å². The molecule has 1 fully saturated rings. The largest absolute Gasteiger partial charge is 0.378 e. The number of amides is 1. The van der Waals surface area contributed by atoms with Crippen molar-refractivity contribution >= 4 is 5.91 Å². The molecule has 0 radical (unpaired) electrons. The molecule has 0 bridgehead atoms. The number of carbonyl (C=O) groups is 1. The Hall–Kier alpha value is -1.36. The molecule has 2 rings (SSSR count). The van der Waals surface area contributed by atoms with Crippen molar-refractivity contribution in [2.45, 2.75) is 65.0 Å². The topological polar surface area (TPSA) is 47.4 Å². The van der Waals surface area contributed by atoms with E-state index in [1.165, 1.54) is 12.8 Å². The van der Waals surface area contributed by atoms with Crippen LogP contribution < -0.4 is 0 Å². The van der Waals surface area contributed by atoms with Crippen molar-refractivity contribution in [3.05, 3.63) is 17.5 Å². The summed E-state index contributed by atoms with van der Waals surface area (Å²) in [6.45, 7) is 6.53. The Morgan fingerprint density at radius 3 is 2.91 bits per heavy atom. The molecule has 0 saturated carbocycles. The van der Waals surface area contributed by atoms with Gasteiger partial charge in [-0.1, -0.05) is 0 Å². The lowest BCUT2D eigenvalue weighted by Crippen LogP contribution is -2.31. The quantitative estimate of drug-likeness (QED) is 0.778. The third kappa shape index (κ3) is 5.13. The highest BCUT2D eigenvalue weighted by atomic mass is 16.5. The lowest BCUT2D eigenvalue weighted by Gasteiger charge is -2.25. The molecule has 1 aromatic heterocycles. The number of hydrogen-bond donors (Lipinski definition) is 0. The Kier molecular flexibility index (Phi) is 6.43. The van der Waals surface area contributed by atoms with Gasteiger partial charge in [-0.3, -0.25) is 9.48 Å². The zero-order valence-corrected chi connectivity index (χ0v) is 14.2. The molecule has 0 spiro atoms. The number of aromatic nitrogens is 2. The summed E-state index contributed by atoms with van der Waals surface area (Å²) in [6.07, 6.45) is 6.30. The van der Waals surface area contributed by atoms with Crippen LogP contribution in [0.1, 0.15) is 49.9 Å². The Morgan fingerprint density at radius 2 is 2.27 bits per heavy atom. The normalized spacial score (nSPS) is 18.4. The molecule has 124 valence electrons. The van der Waals surface area contributed by atoms with Crippen molar-refractivity contribution in [2.75, 3.05) is 20.2 Å². The molecule has 0 aromatic carbocycles. The van der Waals surface area contributed by atoms with E-state index in [9.17, 15) is 4.79 Å². The number of ether oxygens (including phenoxy) is 1. The molecule has 1 atom stereocenters. The molecule has 0 aliphatic carbocycles. The minimum absolute atomic E-state index is 0.220. The smallest absolute Gasteiger partial charge is 0.222 e. The Balaban J connectivity index is 1.64. The van der Waals surface area contributed by atoms with E-state index in [0.29, 0.717) is 12.5 Å². The first kappa shape index (κ1) is 17.0. The van der Waals surface area contributed by atoms with Crippen molar-refractivity contribution in [2.24, 2.45) is 0 Å². The van der Waals surface area contributed by atoms with Crippen LogP contribution in [-0.4, -0.2) is 46.9 Å². The summed E-state index contributed by atoms with van der Waals surface area (Å²) in [5.41, 5.74) is 2.20. The summed E-state index contributed by atoms with van der Waals surface area (Å²) >= 11 is 0. The minimum atomic E-state index is 0.220. The van der Waals surface area contributed by atoms with E-state index in [2.05, 4.69) is 18.1 Å². The fourth-order valence-corrected chi connectivity index (χ4v) is 2.97. The van der Waals surface area contributed by atoms with E-state index >= 15 is 0 Å². The maximum absolute atomic E-state index is 12.2. The van der Waals surface area contributed by atoms with Crippen LogP contribution >= 0.6 is 0 Å². The summed E-state index contributed by atoms with van der Waals surface area (Å²) in [4.78, 5) is 14.0. The summed E-state index contributed by atoms with van der Waals surface area (Å²) in [5, 5.41) is 4.42. The fourth-order valence-electron chi connectivity index (χ4n) is 2.97. The first-order chi connectivity index (χ1) is 10.6. The molecule has 5 heteroatoms. The standard InChI is InChI=1S/C17H29N3O2/c1-14-13-15(2)20(18-14)10-6-8-17(21)19(3)11-9-16-7-4-5-12-22-16/h13,16H,4-12H2,1-3H3. The highest BCUT2D eigenvalue weighted by Crippen LogP contribution is 2.16. The van der Waals surface area contributed by atoms with E-state index < -0.39 is 0 Å². The van der Waals surface area contributed by atoms with E-state index in [-0.39, 0.29) is 5.91 Å². The van der Waals surface area contributed by atoms with Gasteiger partial charge >= 0.3 is 0 Å². The van der Waals surface area contributed by atoms with Crippen molar-refractivity contribution in [1.82, 2.24) is 14.7 Å². The number of carbonyl (C=O) groups excluding carboxylic acids is 1. The van der Waals surface area contributed by atoms with Gasteiger partial charge in [0.05, 0.1) is 11.8 Å². The number of hydrogen-bond acceptors (Lipinski definition) is 3. The molecular weight excluding hydrogens is 278 g/mol. The van der Waals surface area contributed by atoms with Crippen LogP contribution in [0.25, 0.3) is 0 Å². The van der Waals surface area contributed by atoms with E-state index in [0.717, 1.165) is 50.3 Å². The maximum Gasteiger partial charge on any atom is 0.222 e. The highest BCUT2D eigenvalue weighted by molar-refractivity contribution is 5.75. The SMILES string of the molecule is Cc1cc(C)n(CCCC(=O)N(C)CCC2CCCCO2)n1. The minimum Gasteiger partial charge on any atom is -0.378 e. The molecule has 22 heavy (non-hydrogen) atoms. The van der Waals surface area contributed by atoms with Crippen molar-refractivity contribution < 1.29 is 9.53 Å². The van der Waals surface area contributed by atoms with Crippen molar-refractivity contribution in [3.8, 4) is 0 Å². The van der Waals surface area contributed by atoms with Gasteiger partial charge in [-0.25, -0.2) is 0 Å². The summed E-state index contributed by atoms with van der Waals surface area (Å²) in [5.74, 6) is 0.220. The monoisotopic (exact) mass is 307 g/mol. The van der Waals surface area contributed by atoms with E-state index in [4.69, 9.17) is 4.74 Å². The average Bonchev–Trinajstić information content (AvgIpc) is 2.83. The fraction of sp³-hybridized carbons (Fsp3) is 0.765. The van der Waals surface area contributed by atoms with Crippen LogP contribution in [0.2, 0.25) is 0 Å². The first-order valence-electron chi connectivity index (χ1n) is 8.43. The molecule has 1 saturated heterocycles. The lowest BCUT2D eigenvalue weighted by molar-refractivity contribution is -0.130. The van der Waals surface area contributed by atoms with Crippen LogP contribution in [0.3, 0.4) is 0 Å². The predicted octanol–water partition coefficient (Wildman–Crippen LogP) is 2.70. The van der Waals surface area contributed by atoms with Gasteiger partial charge in [-0.15, -0.1) is 0 Å². The zero-order chi connectivity index (χ0) is 15.9. The van der Waals surface area contributed by atoms with Crippen LogP contribution in [-0.2, 0) is 16.1 Å². The second-order valence-corrected chi connectivity index (χ2v) is 6.35. The lowest BCUT2D eigenvalue weighted by atomic mass is 10.1. The van der Waals surface area contributed by atoms with Crippen LogP contribution in [0, 0.1) is 13.8 Å². The molecule has 5 nitrogen and oxygen atoms in total. The Bertz CT molecular complexity index is 478. The van der Waals surface area contributed by atoms with Gasteiger partial charge in [0, 0.05) is 38.9 Å². The number of rotatable bonds is 7. The Morgan fingerprint density at radius 1 is 1.45 bits per heavy atom. The third-order valence-corrected chi connectivity index (χ3v) is 4.35. The average molecular weight is 307 g/mol. The molecule has 1 amide bonds. The van der Waals surface area contributed by atoms with Gasteiger partial charge in [0.2, 0.25) is 5.91 Å². The number of aryl methyl sites for hydroxylation is 3. The summed E-state index contributed by atoms with van der Waals surface area (Å²) in [6, 6.07) is 2.07. The van der Waals surface area contributed by atoms with Crippen molar-refractivity contribution in [1.29, 1.82) is 0 Å². The van der Waals surface area contributed by atoms with Crippen LogP contribution in [0.15, 0.2) is 6.07 Å². The molecule has 0 N–H and O–H groups in total. The zero-order valence-electron chi connectivity index (χ0n) is 14.2. The van der Waals surface area contributed by atoms with E-state index in [1.807, 2.05) is 23.6 Å². The summed E-state index contributed by atoms with van der Waals surface area (Å²) in [7, 11) is 1.90. The van der Waals surface area contributed by atoms with Gasteiger partial charge in [0.25, 0.3) is 0 Å². The molecule has 2 heterocycles. The molecule has 1 aliphatic rings. The van der Waals surface area contributed by atoms with Gasteiger partial charge in [0.1, 0.15) is 0 Å². The second kappa shape index (κ2) is 8.32. The van der Waals surface area contributed by atoms with Gasteiger partial charge < -0.3 is 9.64 Å². The molecule has 1 aromatic rings. The van der Waals surface area contributed by atoms with Crippen LogP contribution in [0.5, 0.6) is 0 Å². The van der Waals surface area contributed by atoms with Gasteiger partial charge in [-0.05, 0) is 52.0 Å². The van der Waals surface area contributed by atoms with Gasteiger partial charge in [-0.2, -0.15) is 5.10 Å². The first-order valence-corrected chi connectivity index (χ1v) is 8.43. The summed E-state index contributed by atoms with van der Waals surface area (Å²) < 4.78 is 7.70. The maximum atomic E-state index is 12.2. The molecule has 1 unspecified atom stereocenters. The molecular formula is C17H29N3O2. The third-order valence-electron chi connectivity index (χ3n) is 4.35.